The third kappa shape index (κ3) is 10.4. The van der Waals surface area contributed by atoms with Gasteiger partial charge in [0.1, 0.15) is 16.8 Å². The van der Waals surface area contributed by atoms with Crippen molar-refractivity contribution in [2.45, 2.75) is 120 Å². The van der Waals surface area contributed by atoms with Crippen LogP contribution in [0.15, 0.2) is 65.7 Å². The monoisotopic (exact) mass is 993 g/mol. The molecule has 0 bridgehead atoms. The van der Waals surface area contributed by atoms with Gasteiger partial charge in [0.05, 0.1) is 44.9 Å². The van der Waals surface area contributed by atoms with Crippen molar-refractivity contribution in [2.75, 3.05) is 61.3 Å². The number of hydrogen-bond donors (Lipinski definition) is 3. The van der Waals surface area contributed by atoms with Crippen LogP contribution in [0.3, 0.4) is 0 Å². The number of amides is 4. The molecule has 0 spiro atoms. The lowest BCUT2D eigenvalue weighted by Gasteiger charge is -2.43. The second kappa shape index (κ2) is 20.6. The van der Waals surface area contributed by atoms with Crippen LogP contribution < -0.4 is 25.6 Å². The second-order valence-corrected chi connectivity index (χ2v) is 22.9. The van der Waals surface area contributed by atoms with Crippen molar-refractivity contribution in [1.82, 2.24) is 30.0 Å². The van der Waals surface area contributed by atoms with E-state index in [1.807, 2.05) is 19.9 Å². The van der Waals surface area contributed by atoms with Crippen molar-refractivity contribution in [3.8, 4) is 5.75 Å². The summed E-state index contributed by atoms with van der Waals surface area (Å²) < 4.78 is 32.7. The SMILES string of the molecule is Cc1cc(Nc2ncc(Cl)c(Nc3ccccc3S(=O)(=O)C(C)C)n2)c(OC(C)C)cc1C1CCN(C2CCN(CC3CCN(c4ccc5c(c4)C(=O)N(C4CCC(=O)NC4=O)C5=O)CC3)CC2)CC1. The van der Waals surface area contributed by atoms with Crippen molar-refractivity contribution in [1.29, 1.82) is 0 Å². The zero-order valence-corrected chi connectivity index (χ0v) is 42.2. The van der Waals surface area contributed by atoms with Crippen LogP contribution in [-0.4, -0.2) is 126 Å². The number of benzene rings is 3. The number of ether oxygens (including phenoxy) is 1. The van der Waals surface area contributed by atoms with E-state index in [2.05, 4.69) is 59.7 Å². The van der Waals surface area contributed by atoms with Gasteiger partial charge in [-0.2, -0.15) is 4.98 Å². The van der Waals surface area contributed by atoms with Crippen LogP contribution >= 0.6 is 11.6 Å². The number of sulfone groups is 1. The Morgan fingerprint density at radius 2 is 1.53 bits per heavy atom. The Kier molecular flexibility index (Phi) is 14.5. The highest BCUT2D eigenvalue weighted by atomic mass is 35.5. The molecule has 5 aliphatic rings. The van der Waals surface area contributed by atoms with Gasteiger partial charge in [-0.15, -0.1) is 0 Å². The van der Waals surface area contributed by atoms with E-state index in [4.69, 9.17) is 16.3 Å². The molecular weight excluding hydrogens is 930 g/mol. The molecule has 5 aliphatic heterocycles. The zero-order valence-electron chi connectivity index (χ0n) is 40.7. The molecule has 0 radical (unpaired) electrons. The van der Waals surface area contributed by atoms with Gasteiger partial charge in [0.25, 0.3) is 11.8 Å². The number of para-hydroxylation sites is 1. The molecule has 16 nitrogen and oxygen atoms in total. The third-order valence-corrected chi connectivity index (χ3v) is 17.2. The standard InChI is InChI=1S/C52H64ClN9O7S/c1-31(2)69-45-28-39(33(5)26-43(45)56-52-54-29-41(53)48(58-52)55-42-8-6-7-9-46(42)70(67,68)32(3)4)35-16-24-60(25-17-35)36-18-20-59(21-19-36)30-34-14-22-61(23-15-34)37-10-11-38-40(27-37)51(66)62(50(38)65)44-12-13-47(63)57-49(44)64/h6-11,26-29,31-32,34-36,44H,12-25,30H2,1-5H3,(H,57,63,64)(H2,54,55,56,58). The number of anilines is 5. The number of aromatic nitrogens is 2. The normalized spacial score (nSPS) is 20.4. The van der Waals surface area contributed by atoms with Crippen molar-refractivity contribution in [3.63, 3.8) is 0 Å². The average molecular weight is 995 g/mol. The van der Waals surface area contributed by atoms with Gasteiger partial charge < -0.3 is 30.1 Å². The number of aryl methyl sites for hydroxylation is 1. The third-order valence-electron chi connectivity index (χ3n) is 14.8. The molecule has 6 heterocycles. The first-order valence-corrected chi connectivity index (χ1v) is 26.7. The van der Waals surface area contributed by atoms with E-state index in [0.717, 1.165) is 99.1 Å². The van der Waals surface area contributed by atoms with Gasteiger partial charge >= 0.3 is 0 Å². The molecular formula is C52H64ClN9O7S. The largest absolute Gasteiger partial charge is 0.489 e. The maximum absolute atomic E-state index is 13.4. The number of nitrogens with zero attached hydrogens (tertiary/aromatic N) is 6. The van der Waals surface area contributed by atoms with Crippen LogP contribution in [0.1, 0.15) is 117 Å². The number of nitrogens with one attached hydrogen (secondary N) is 3. The molecule has 1 atom stereocenters. The summed E-state index contributed by atoms with van der Waals surface area (Å²) in [4.78, 5) is 68.8. The number of piperidine rings is 4. The molecule has 4 saturated heterocycles. The fraction of sp³-hybridized carbons (Fsp3) is 0.500. The number of carbonyl (C=O) groups excluding carboxylic acids is 4. The van der Waals surface area contributed by atoms with E-state index >= 15 is 0 Å². The number of rotatable bonds is 14. The number of carbonyl (C=O) groups is 4. The lowest BCUT2D eigenvalue weighted by Crippen LogP contribution is -2.54. The fourth-order valence-corrected chi connectivity index (χ4v) is 12.2. The van der Waals surface area contributed by atoms with E-state index in [-0.39, 0.29) is 46.5 Å². The number of halogens is 1. The molecule has 1 aromatic heterocycles. The number of likely N-dealkylation sites (tertiary alicyclic amines) is 2. The van der Waals surface area contributed by atoms with Gasteiger partial charge in [-0.1, -0.05) is 23.7 Å². The molecule has 18 heteroatoms. The van der Waals surface area contributed by atoms with E-state index < -0.39 is 38.9 Å². The first kappa shape index (κ1) is 49.4. The van der Waals surface area contributed by atoms with Crippen molar-refractivity contribution >= 4 is 73.9 Å². The minimum atomic E-state index is -3.58. The van der Waals surface area contributed by atoms with Gasteiger partial charge in [0.15, 0.2) is 15.7 Å². The molecule has 4 fully saturated rings. The number of hydrogen-bond acceptors (Lipinski definition) is 14. The summed E-state index contributed by atoms with van der Waals surface area (Å²) in [5, 5.41) is 8.40. The number of imide groups is 2. The zero-order chi connectivity index (χ0) is 49.4. The molecule has 3 N–H and O–H groups in total. The Balaban J connectivity index is 0.757. The predicted octanol–water partition coefficient (Wildman–Crippen LogP) is 7.86. The highest BCUT2D eigenvalue weighted by molar-refractivity contribution is 7.92. The lowest BCUT2D eigenvalue weighted by atomic mass is 9.85. The summed E-state index contributed by atoms with van der Waals surface area (Å²) in [7, 11) is -3.58. The van der Waals surface area contributed by atoms with Crippen molar-refractivity contribution in [2.24, 2.45) is 5.92 Å². The van der Waals surface area contributed by atoms with Gasteiger partial charge in [-0.3, -0.25) is 29.4 Å². The highest BCUT2D eigenvalue weighted by Crippen LogP contribution is 2.40. The van der Waals surface area contributed by atoms with Gasteiger partial charge in [0, 0.05) is 37.8 Å². The Morgan fingerprint density at radius 3 is 2.23 bits per heavy atom. The molecule has 70 heavy (non-hydrogen) atoms. The van der Waals surface area contributed by atoms with E-state index in [0.29, 0.717) is 34.7 Å². The van der Waals surface area contributed by atoms with Gasteiger partial charge in [0.2, 0.25) is 17.8 Å². The van der Waals surface area contributed by atoms with E-state index in [1.165, 1.54) is 24.6 Å². The molecule has 3 aromatic carbocycles. The minimum absolute atomic E-state index is 0.0695. The Morgan fingerprint density at radius 1 is 0.814 bits per heavy atom. The molecule has 1 unspecified atom stereocenters. The summed E-state index contributed by atoms with van der Waals surface area (Å²) in [5.41, 5.74) is 5.12. The Labute approximate surface area is 415 Å². The van der Waals surface area contributed by atoms with Gasteiger partial charge in [-0.25, -0.2) is 13.4 Å². The molecule has 0 saturated carbocycles. The molecule has 0 aliphatic carbocycles. The summed E-state index contributed by atoms with van der Waals surface area (Å²) in [6.45, 7) is 16.6. The molecule has 4 amide bonds. The maximum Gasteiger partial charge on any atom is 0.262 e. The highest BCUT2D eigenvalue weighted by Gasteiger charge is 2.45. The molecule has 9 rings (SSSR count). The molecule has 4 aromatic rings. The van der Waals surface area contributed by atoms with Crippen molar-refractivity contribution < 1.29 is 32.3 Å². The summed E-state index contributed by atoms with van der Waals surface area (Å²) in [5.74, 6) is 0.345. The topological polar surface area (TPSA) is 186 Å². The quantitative estimate of drug-likeness (QED) is 0.104. The van der Waals surface area contributed by atoms with E-state index in [9.17, 15) is 27.6 Å². The summed E-state index contributed by atoms with van der Waals surface area (Å²) in [6, 6.07) is 16.0. The lowest BCUT2D eigenvalue weighted by molar-refractivity contribution is -0.136. The van der Waals surface area contributed by atoms with Crippen LogP contribution in [0.25, 0.3) is 0 Å². The van der Waals surface area contributed by atoms with E-state index in [1.54, 1.807) is 50.2 Å². The van der Waals surface area contributed by atoms with Crippen LogP contribution in [0.5, 0.6) is 5.75 Å². The fourth-order valence-electron chi connectivity index (χ4n) is 10.9. The van der Waals surface area contributed by atoms with Gasteiger partial charge in [-0.05, 0) is 171 Å². The second-order valence-electron chi connectivity index (χ2n) is 20.1. The smallest absolute Gasteiger partial charge is 0.262 e. The first-order chi connectivity index (χ1) is 33.5. The van der Waals surface area contributed by atoms with Crippen LogP contribution in [0.4, 0.5) is 28.8 Å². The van der Waals surface area contributed by atoms with Crippen LogP contribution in [0, 0.1) is 12.8 Å². The first-order valence-electron chi connectivity index (χ1n) is 24.8. The van der Waals surface area contributed by atoms with Crippen LogP contribution in [-0.2, 0) is 19.4 Å². The Hall–Kier alpha value is -5.62. The Bertz CT molecular complexity index is 2770. The summed E-state index contributed by atoms with van der Waals surface area (Å²) >= 11 is 6.55. The van der Waals surface area contributed by atoms with Crippen LogP contribution in [0.2, 0.25) is 5.02 Å². The molecule has 372 valence electrons. The maximum atomic E-state index is 13.4. The average Bonchev–Trinajstić information content (AvgIpc) is 3.58. The minimum Gasteiger partial charge on any atom is -0.489 e. The predicted molar refractivity (Wildman–Crippen MR) is 270 cm³/mol. The van der Waals surface area contributed by atoms with Crippen molar-refractivity contribution in [3.05, 3.63) is 88.1 Å². The number of fused-ring (bicyclic) bond motifs is 1. The summed E-state index contributed by atoms with van der Waals surface area (Å²) in [6.07, 6.45) is 8.24.